The topological polar surface area (TPSA) is 77.5 Å². The highest BCUT2D eigenvalue weighted by molar-refractivity contribution is 6.03. The van der Waals surface area contributed by atoms with Crippen molar-refractivity contribution in [3.63, 3.8) is 0 Å². The Hall–Kier alpha value is -3.23. The maximum atomic E-state index is 13.9. The highest BCUT2D eigenvalue weighted by Crippen LogP contribution is 2.33. The zero-order valence-corrected chi connectivity index (χ0v) is 24.3. The van der Waals surface area contributed by atoms with E-state index in [0.717, 1.165) is 35.5 Å². The third-order valence-electron chi connectivity index (χ3n) is 7.35. The molecule has 2 aliphatic heterocycles. The van der Waals surface area contributed by atoms with Crippen LogP contribution in [0.15, 0.2) is 47.6 Å². The fraction of sp³-hybridized carbons (Fsp3) is 0.516. The number of carbonyl (C=O) groups is 2. The summed E-state index contributed by atoms with van der Waals surface area (Å²) in [6, 6.07) is 14.1. The number of hydrazone groups is 1. The summed E-state index contributed by atoms with van der Waals surface area (Å²) in [6.07, 6.45) is 0.624. The van der Waals surface area contributed by atoms with Crippen LogP contribution in [0.25, 0.3) is 0 Å². The summed E-state index contributed by atoms with van der Waals surface area (Å²) in [6.45, 7) is 16.2. The molecule has 0 unspecified atom stereocenters. The lowest BCUT2D eigenvalue weighted by molar-refractivity contribution is -0.133. The summed E-state index contributed by atoms with van der Waals surface area (Å²) < 4.78 is 5.46. The molecule has 0 aromatic heterocycles. The Morgan fingerprint density at radius 2 is 1.72 bits per heavy atom. The Bertz CT molecular complexity index is 1200. The van der Waals surface area contributed by atoms with Gasteiger partial charge in [0, 0.05) is 38.1 Å². The fourth-order valence-corrected chi connectivity index (χ4v) is 4.86. The second-order valence-corrected chi connectivity index (χ2v) is 11.8. The number of nitrogens with zero attached hydrogens (tertiary/aromatic N) is 4. The number of hydrogen-bond donors (Lipinski definition) is 1. The Kier molecular flexibility index (Phi) is 9.08. The zero-order chi connectivity index (χ0) is 28.2. The highest BCUT2D eigenvalue weighted by Gasteiger charge is 2.35. The molecule has 1 fully saturated rings. The molecule has 0 radical (unpaired) electrons. The standard InChI is InChI=1S/C31H43N5O3/c1-22-7-10-25(11-8-22)28-20-27(26-12-9-23(2)24(3)19-26)33-36(28)29(37)21-35(30(38)32-31(4,5)6)14-13-34-15-17-39-18-16-34/h7-12,19,28H,13-18,20-21H2,1-6H3,(H,32,38)/t28-/m1/s1. The average molecular weight is 534 g/mol. The quantitative estimate of drug-likeness (QED) is 0.571. The molecule has 3 amide bonds. The summed E-state index contributed by atoms with van der Waals surface area (Å²) in [5.74, 6) is -0.189. The first-order valence-corrected chi connectivity index (χ1v) is 13.9. The van der Waals surface area contributed by atoms with E-state index < -0.39 is 5.54 Å². The zero-order valence-electron chi connectivity index (χ0n) is 24.3. The van der Waals surface area contributed by atoms with E-state index in [1.807, 2.05) is 20.8 Å². The van der Waals surface area contributed by atoms with Crippen molar-refractivity contribution in [1.29, 1.82) is 0 Å². The smallest absolute Gasteiger partial charge is 0.318 e. The summed E-state index contributed by atoms with van der Waals surface area (Å²) in [5, 5.41) is 9.50. The van der Waals surface area contributed by atoms with Crippen molar-refractivity contribution < 1.29 is 14.3 Å². The molecular weight excluding hydrogens is 490 g/mol. The molecule has 2 aromatic carbocycles. The SMILES string of the molecule is Cc1ccc([C@H]2CC(c3ccc(C)c(C)c3)=NN2C(=O)CN(CCN2CCOCC2)C(=O)NC(C)(C)C)cc1. The first-order chi connectivity index (χ1) is 18.5. The third-order valence-corrected chi connectivity index (χ3v) is 7.35. The number of morpholine rings is 1. The molecule has 8 heteroatoms. The van der Waals surface area contributed by atoms with E-state index in [2.05, 4.69) is 73.5 Å². The number of hydrogen-bond acceptors (Lipinski definition) is 5. The summed E-state index contributed by atoms with van der Waals surface area (Å²) in [5.41, 5.74) is 6.12. The van der Waals surface area contributed by atoms with Crippen LogP contribution in [0.4, 0.5) is 4.79 Å². The molecule has 4 rings (SSSR count). The predicted octanol–water partition coefficient (Wildman–Crippen LogP) is 4.43. The van der Waals surface area contributed by atoms with Crippen molar-refractivity contribution >= 4 is 17.6 Å². The molecule has 210 valence electrons. The Balaban J connectivity index is 1.58. The number of nitrogens with one attached hydrogen (secondary N) is 1. The molecule has 0 saturated carbocycles. The Morgan fingerprint density at radius 1 is 1.03 bits per heavy atom. The van der Waals surface area contributed by atoms with E-state index >= 15 is 0 Å². The van der Waals surface area contributed by atoms with E-state index in [-0.39, 0.29) is 24.5 Å². The van der Waals surface area contributed by atoms with Gasteiger partial charge in [0.25, 0.3) is 5.91 Å². The minimum atomic E-state index is -0.413. The van der Waals surface area contributed by atoms with Crippen molar-refractivity contribution in [3.05, 3.63) is 70.3 Å². The lowest BCUT2D eigenvalue weighted by Crippen LogP contribution is -2.53. The molecule has 0 spiro atoms. The molecule has 8 nitrogen and oxygen atoms in total. The van der Waals surface area contributed by atoms with Crippen molar-refractivity contribution in [2.24, 2.45) is 5.10 Å². The maximum Gasteiger partial charge on any atom is 0.318 e. The molecule has 2 aliphatic rings. The number of carbonyl (C=O) groups excluding carboxylic acids is 2. The van der Waals surface area contributed by atoms with Gasteiger partial charge in [0.2, 0.25) is 0 Å². The van der Waals surface area contributed by atoms with Crippen LogP contribution in [0.5, 0.6) is 0 Å². The van der Waals surface area contributed by atoms with Crippen LogP contribution in [0.2, 0.25) is 0 Å². The monoisotopic (exact) mass is 533 g/mol. The van der Waals surface area contributed by atoms with Gasteiger partial charge in [0.15, 0.2) is 0 Å². The van der Waals surface area contributed by atoms with Crippen molar-refractivity contribution in [2.75, 3.05) is 45.9 Å². The molecule has 1 atom stereocenters. The van der Waals surface area contributed by atoms with Gasteiger partial charge in [-0.1, -0.05) is 42.0 Å². The van der Waals surface area contributed by atoms with Gasteiger partial charge in [0.05, 0.1) is 25.0 Å². The highest BCUT2D eigenvalue weighted by atomic mass is 16.5. The van der Waals surface area contributed by atoms with Crippen LogP contribution in [-0.2, 0) is 9.53 Å². The van der Waals surface area contributed by atoms with Crippen LogP contribution < -0.4 is 5.32 Å². The molecule has 39 heavy (non-hydrogen) atoms. The minimum Gasteiger partial charge on any atom is -0.379 e. The van der Waals surface area contributed by atoms with Gasteiger partial charge in [-0.15, -0.1) is 0 Å². The van der Waals surface area contributed by atoms with Gasteiger partial charge in [0.1, 0.15) is 6.54 Å². The number of rotatable bonds is 7. The predicted molar refractivity (Wildman–Crippen MR) is 155 cm³/mol. The first-order valence-electron chi connectivity index (χ1n) is 13.9. The van der Waals surface area contributed by atoms with Crippen LogP contribution in [0, 0.1) is 20.8 Å². The molecule has 1 N–H and O–H groups in total. The van der Waals surface area contributed by atoms with E-state index in [0.29, 0.717) is 32.7 Å². The van der Waals surface area contributed by atoms with E-state index in [4.69, 9.17) is 9.84 Å². The lowest BCUT2D eigenvalue weighted by Gasteiger charge is -2.32. The van der Waals surface area contributed by atoms with Crippen molar-refractivity contribution in [2.45, 2.75) is 59.5 Å². The largest absolute Gasteiger partial charge is 0.379 e. The Labute approximate surface area is 233 Å². The van der Waals surface area contributed by atoms with Crippen LogP contribution in [0.1, 0.15) is 61.1 Å². The van der Waals surface area contributed by atoms with Crippen LogP contribution in [0.3, 0.4) is 0 Å². The molecule has 1 saturated heterocycles. The third kappa shape index (κ3) is 7.67. The van der Waals surface area contributed by atoms with Gasteiger partial charge in [-0.2, -0.15) is 5.10 Å². The summed E-state index contributed by atoms with van der Waals surface area (Å²) in [4.78, 5) is 31.1. The number of aryl methyl sites for hydroxylation is 3. The first kappa shape index (κ1) is 28.8. The Morgan fingerprint density at radius 3 is 2.36 bits per heavy atom. The molecule has 2 heterocycles. The summed E-state index contributed by atoms with van der Waals surface area (Å²) in [7, 11) is 0. The second-order valence-electron chi connectivity index (χ2n) is 11.8. The van der Waals surface area contributed by atoms with Gasteiger partial charge in [-0.05, 0) is 69.9 Å². The van der Waals surface area contributed by atoms with Gasteiger partial charge >= 0.3 is 6.03 Å². The van der Waals surface area contributed by atoms with Crippen LogP contribution >= 0.6 is 0 Å². The van der Waals surface area contributed by atoms with Gasteiger partial charge in [-0.3, -0.25) is 9.69 Å². The molecular formula is C31H43N5O3. The number of urea groups is 1. The van der Waals surface area contributed by atoms with E-state index in [1.54, 1.807) is 9.91 Å². The van der Waals surface area contributed by atoms with Crippen LogP contribution in [-0.4, -0.2) is 83.9 Å². The lowest BCUT2D eigenvalue weighted by atomic mass is 9.96. The van der Waals surface area contributed by atoms with E-state index in [1.165, 1.54) is 11.1 Å². The molecule has 0 aliphatic carbocycles. The number of benzene rings is 2. The maximum absolute atomic E-state index is 13.9. The second kappa shape index (κ2) is 12.3. The summed E-state index contributed by atoms with van der Waals surface area (Å²) >= 11 is 0. The van der Waals surface area contributed by atoms with Gasteiger partial charge < -0.3 is 15.0 Å². The average Bonchev–Trinajstić information content (AvgIpc) is 3.34. The molecule has 2 aromatic rings. The minimum absolute atomic E-state index is 0.0433. The van der Waals surface area contributed by atoms with E-state index in [9.17, 15) is 9.59 Å². The number of amides is 3. The normalized spacial score (nSPS) is 18.2. The van der Waals surface area contributed by atoms with Gasteiger partial charge in [-0.25, -0.2) is 9.80 Å². The van der Waals surface area contributed by atoms with Crippen molar-refractivity contribution in [3.8, 4) is 0 Å². The van der Waals surface area contributed by atoms with Crippen molar-refractivity contribution in [1.82, 2.24) is 20.1 Å². The fourth-order valence-electron chi connectivity index (χ4n) is 4.86. The molecule has 0 bridgehead atoms. The number of ether oxygens (including phenoxy) is 1.